The van der Waals surface area contributed by atoms with Crippen LogP contribution in [0.15, 0.2) is 107 Å². The number of benzene rings is 2. The minimum atomic E-state index is -2.07. The summed E-state index contributed by atoms with van der Waals surface area (Å²) < 4.78 is 24.9. The molecule has 58 heavy (non-hydrogen) atoms. The van der Waals surface area contributed by atoms with Crippen molar-refractivity contribution in [1.82, 2.24) is 9.80 Å². The number of aliphatic hydroxyl groups excluding tert-OH is 2. The first kappa shape index (κ1) is 35.4. The second-order valence-corrected chi connectivity index (χ2v) is 18.4. The van der Waals surface area contributed by atoms with Crippen molar-refractivity contribution < 1.29 is 49.0 Å². The van der Waals surface area contributed by atoms with Gasteiger partial charge in [-0.3, -0.25) is 0 Å². The number of esters is 2. The van der Waals surface area contributed by atoms with Crippen molar-refractivity contribution in [3.63, 3.8) is 0 Å². The molecule has 12 heteroatoms. The van der Waals surface area contributed by atoms with Crippen LogP contribution in [-0.4, -0.2) is 117 Å². The van der Waals surface area contributed by atoms with Crippen LogP contribution in [-0.2, 0) is 18.9 Å². The van der Waals surface area contributed by atoms with Gasteiger partial charge < -0.3 is 49.2 Å². The van der Waals surface area contributed by atoms with E-state index in [1.54, 1.807) is 48.6 Å². The topological polar surface area (TPSA) is 158 Å². The summed E-state index contributed by atoms with van der Waals surface area (Å²) >= 11 is 0. The van der Waals surface area contributed by atoms with Gasteiger partial charge in [0.1, 0.15) is 24.4 Å². The van der Waals surface area contributed by atoms with Crippen LogP contribution in [0, 0.1) is 22.7 Å². The van der Waals surface area contributed by atoms with E-state index in [2.05, 4.69) is 36.0 Å². The average molecular weight is 787 g/mol. The lowest BCUT2D eigenvalue weighted by atomic mass is 9.51. The first-order valence-corrected chi connectivity index (χ1v) is 20.7. The molecule has 12 rings (SSSR count). The zero-order chi connectivity index (χ0) is 39.7. The van der Waals surface area contributed by atoms with Crippen LogP contribution >= 0.6 is 0 Å². The Hall–Kier alpha value is -4.56. The number of hydrogen-bond acceptors (Lipinski definition) is 12. The van der Waals surface area contributed by atoms with E-state index in [1.165, 1.54) is 0 Å². The van der Waals surface area contributed by atoms with Crippen molar-refractivity contribution in [3.05, 3.63) is 118 Å². The van der Waals surface area contributed by atoms with Gasteiger partial charge in [-0.05, 0) is 99.1 Å². The van der Waals surface area contributed by atoms with E-state index < -0.39 is 58.8 Å². The van der Waals surface area contributed by atoms with Crippen LogP contribution in [0.5, 0.6) is 0 Å². The number of fused-ring (bicyclic) bond motifs is 1. The van der Waals surface area contributed by atoms with Crippen molar-refractivity contribution in [2.75, 3.05) is 27.2 Å². The molecule has 2 saturated carbocycles. The monoisotopic (exact) mass is 786 g/mol. The van der Waals surface area contributed by atoms with Gasteiger partial charge in [-0.2, -0.15) is 0 Å². The van der Waals surface area contributed by atoms with E-state index in [-0.39, 0.29) is 59.4 Å². The van der Waals surface area contributed by atoms with E-state index in [4.69, 9.17) is 18.9 Å². The highest BCUT2D eigenvalue weighted by Gasteiger charge is 2.70. The molecule has 4 heterocycles. The van der Waals surface area contributed by atoms with E-state index in [9.17, 15) is 30.0 Å². The molecular formula is C46H46N2O10. The van der Waals surface area contributed by atoms with Crippen LogP contribution in [0.25, 0.3) is 10.8 Å². The molecule has 2 aromatic rings. The third-order valence-electron chi connectivity index (χ3n) is 15.7. The zero-order valence-electron chi connectivity index (χ0n) is 32.3. The third-order valence-corrected chi connectivity index (χ3v) is 15.7. The minimum absolute atomic E-state index is 0.0149. The molecule has 0 aromatic heterocycles. The second-order valence-electron chi connectivity index (χ2n) is 18.4. The van der Waals surface area contributed by atoms with Crippen LogP contribution in [0.1, 0.15) is 59.2 Å². The average Bonchev–Trinajstić information content (AvgIpc) is 3.76. The van der Waals surface area contributed by atoms with Gasteiger partial charge in [0.15, 0.2) is 11.5 Å². The Balaban J connectivity index is 0.822. The van der Waals surface area contributed by atoms with E-state index in [0.717, 1.165) is 66.5 Å². The molecule has 4 fully saturated rings. The lowest BCUT2D eigenvalue weighted by Crippen LogP contribution is -2.62. The lowest BCUT2D eigenvalue weighted by Gasteiger charge is -2.58. The summed E-state index contributed by atoms with van der Waals surface area (Å²) in [5, 5.41) is 47.9. The zero-order valence-corrected chi connectivity index (χ0v) is 32.3. The number of nitrogens with zero attached hydrogens (tertiary/aromatic N) is 2. The summed E-state index contributed by atoms with van der Waals surface area (Å²) in [5.74, 6) is -5.04. The van der Waals surface area contributed by atoms with E-state index in [1.807, 2.05) is 12.2 Å². The maximum atomic E-state index is 13.9. The summed E-state index contributed by atoms with van der Waals surface area (Å²) in [6.45, 7) is 1.64. The number of carbonyl (C=O) groups excluding carboxylic acids is 2. The van der Waals surface area contributed by atoms with Crippen molar-refractivity contribution >= 4 is 22.7 Å². The van der Waals surface area contributed by atoms with Crippen molar-refractivity contribution in [2.45, 2.75) is 86.6 Å². The molecule has 12 atom stereocenters. The standard InChI is InChI=1S/C46H46N2O10/c1-47-17-15-43-29-7-9-33(49)37(43)55-39-35(43)24(21-31(29)47)11-13-45(39,53)57-41(51)26-5-3-23-4-6-27(20-28(23)19-26)42(52)58-46(54)14-12-25-22-32-30-8-10-34(50)38-44(30,16-18-48(32)2)36(25)40(46)56-38/h3-12,19-20,29-34,37-38,49-50,53-54H,13-18,21-22H2,1-2H3/t29-,30-,31+,32+,33-,34-,37-,38-,43-,44-,45?,46?/m0/s1. The summed E-state index contributed by atoms with van der Waals surface area (Å²) in [6.07, 6.45) is 11.9. The number of ether oxygens (including phenoxy) is 4. The molecule has 2 unspecified atom stereocenters. The number of rotatable bonds is 4. The molecule has 12 nitrogen and oxygen atoms in total. The molecule has 4 aliphatic heterocycles. The SMILES string of the molecule is CN1CC[C@]23C4=C5O[C@H]2[C@@H](O)C=C[C@H]3[C@H]1CC4=CCC5(O)OC(=O)c1ccc2ccc(C(=O)OC3(O)CC=C4C[C@@H]5[C@@H]6C=C[C@H](O)[C@@H]7OC3=C4[C@]67CCN5C)cc2c1. The first-order valence-electron chi connectivity index (χ1n) is 20.7. The van der Waals surface area contributed by atoms with Gasteiger partial charge in [-0.25, -0.2) is 9.59 Å². The number of piperidine rings is 2. The predicted octanol–water partition coefficient (Wildman–Crippen LogP) is 3.78. The fourth-order valence-electron chi connectivity index (χ4n) is 13.0. The first-order chi connectivity index (χ1) is 27.8. The maximum Gasteiger partial charge on any atom is 0.341 e. The maximum absolute atomic E-state index is 13.9. The number of likely N-dealkylation sites (tertiary alicyclic amines) is 2. The van der Waals surface area contributed by atoms with Gasteiger partial charge in [0.2, 0.25) is 0 Å². The Labute approximate surface area is 335 Å². The smallest absolute Gasteiger partial charge is 0.341 e. The van der Waals surface area contributed by atoms with Crippen molar-refractivity contribution in [2.24, 2.45) is 22.7 Å². The van der Waals surface area contributed by atoms with Gasteiger partial charge in [-0.15, -0.1) is 0 Å². The lowest BCUT2D eigenvalue weighted by molar-refractivity contribution is -0.174. The normalized spacial score (nSPS) is 42.6. The minimum Gasteiger partial charge on any atom is -0.483 e. The highest BCUT2D eigenvalue weighted by atomic mass is 16.7. The Morgan fingerprint density at radius 3 is 1.57 bits per heavy atom. The highest BCUT2D eigenvalue weighted by Crippen LogP contribution is 2.67. The van der Waals surface area contributed by atoms with Crippen LogP contribution in [0.4, 0.5) is 0 Å². The van der Waals surface area contributed by atoms with Crippen LogP contribution in [0.3, 0.4) is 0 Å². The summed E-state index contributed by atoms with van der Waals surface area (Å²) in [5.41, 5.74) is 3.19. The van der Waals surface area contributed by atoms with Crippen molar-refractivity contribution in [1.29, 1.82) is 0 Å². The largest absolute Gasteiger partial charge is 0.483 e. The Morgan fingerprint density at radius 2 is 1.12 bits per heavy atom. The Morgan fingerprint density at radius 1 is 0.672 bits per heavy atom. The molecule has 2 spiro atoms. The molecule has 6 aliphatic carbocycles. The fraction of sp³-hybridized carbons (Fsp3) is 0.478. The number of aliphatic hydroxyl groups is 4. The number of carbonyl (C=O) groups is 2. The van der Waals surface area contributed by atoms with Crippen molar-refractivity contribution in [3.8, 4) is 0 Å². The van der Waals surface area contributed by atoms with Gasteiger partial charge in [0.05, 0.1) is 11.1 Å². The van der Waals surface area contributed by atoms with E-state index >= 15 is 0 Å². The molecule has 4 bridgehead atoms. The van der Waals surface area contributed by atoms with Crippen LogP contribution in [0.2, 0.25) is 0 Å². The molecule has 4 N–H and O–H groups in total. The van der Waals surface area contributed by atoms with Gasteiger partial charge >= 0.3 is 11.9 Å². The molecule has 2 saturated heterocycles. The van der Waals surface area contributed by atoms with E-state index in [0.29, 0.717) is 5.39 Å². The van der Waals surface area contributed by atoms with Gasteiger partial charge in [0.25, 0.3) is 11.6 Å². The number of hydrogen-bond donors (Lipinski definition) is 4. The second kappa shape index (κ2) is 11.6. The van der Waals surface area contributed by atoms with Gasteiger partial charge in [0, 0.05) is 58.7 Å². The molecule has 0 amide bonds. The molecule has 10 aliphatic rings. The Kier molecular flexibility index (Phi) is 7.07. The van der Waals surface area contributed by atoms with Crippen LogP contribution < -0.4 is 0 Å². The highest BCUT2D eigenvalue weighted by molar-refractivity contribution is 5.99. The fourth-order valence-corrected chi connectivity index (χ4v) is 13.0. The summed E-state index contributed by atoms with van der Waals surface area (Å²) in [7, 11) is 4.26. The Bertz CT molecular complexity index is 2290. The third kappa shape index (κ3) is 4.35. The molecular weight excluding hydrogens is 741 g/mol. The predicted molar refractivity (Wildman–Crippen MR) is 207 cm³/mol. The summed E-state index contributed by atoms with van der Waals surface area (Å²) in [4.78, 5) is 32.6. The summed E-state index contributed by atoms with van der Waals surface area (Å²) in [6, 6.07) is 10.4. The quantitative estimate of drug-likeness (QED) is 0.202. The molecule has 0 radical (unpaired) electrons. The molecule has 2 aromatic carbocycles. The molecule has 300 valence electrons. The van der Waals surface area contributed by atoms with Gasteiger partial charge in [-0.1, -0.05) is 48.6 Å².